The van der Waals surface area contributed by atoms with Crippen molar-refractivity contribution < 1.29 is 9.50 Å². The fourth-order valence-corrected chi connectivity index (χ4v) is 2.74. The van der Waals surface area contributed by atoms with Gasteiger partial charge in [-0.15, -0.1) is 0 Å². The Morgan fingerprint density at radius 2 is 1.43 bits per heavy atom. The van der Waals surface area contributed by atoms with Gasteiger partial charge in [0.25, 0.3) is 0 Å². The normalized spacial score (nSPS) is 10.9. The molecule has 0 radical (unpaired) electrons. The lowest BCUT2D eigenvalue weighted by Gasteiger charge is -2.13. The number of aromatic nitrogens is 1. The predicted molar refractivity (Wildman–Crippen MR) is 89.8 cm³/mol. The van der Waals surface area contributed by atoms with Gasteiger partial charge in [-0.25, -0.2) is 4.39 Å². The third kappa shape index (κ3) is 3.69. The van der Waals surface area contributed by atoms with Crippen LogP contribution in [0.1, 0.15) is 28.1 Å². The first-order chi connectivity index (χ1) is 11.2. The van der Waals surface area contributed by atoms with Crippen molar-refractivity contribution in [1.82, 2.24) is 4.57 Å². The van der Waals surface area contributed by atoms with Crippen LogP contribution < -0.4 is 0 Å². The van der Waals surface area contributed by atoms with Gasteiger partial charge in [0.1, 0.15) is 5.82 Å². The summed E-state index contributed by atoms with van der Waals surface area (Å²) < 4.78 is 15.2. The fourth-order valence-electron chi connectivity index (χ4n) is 2.74. The van der Waals surface area contributed by atoms with E-state index in [0.717, 1.165) is 23.4 Å². The Morgan fingerprint density at radius 1 is 0.826 bits per heavy atom. The first kappa shape index (κ1) is 15.5. The molecule has 23 heavy (non-hydrogen) atoms. The molecule has 0 fully saturated rings. The summed E-state index contributed by atoms with van der Waals surface area (Å²) in [6, 6.07) is 19.0. The van der Waals surface area contributed by atoms with E-state index >= 15 is 0 Å². The molecule has 0 bridgehead atoms. The van der Waals surface area contributed by atoms with E-state index in [1.54, 1.807) is 12.1 Å². The van der Waals surface area contributed by atoms with Crippen molar-refractivity contribution >= 4 is 0 Å². The van der Waals surface area contributed by atoms with Crippen molar-refractivity contribution in [2.75, 3.05) is 0 Å². The Labute approximate surface area is 135 Å². The Hall–Kier alpha value is -2.39. The van der Waals surface area contributed by atoms with Crippen molar-refractivity contribution in [2.24, 2.45) is 0 Å². The smallest absolute Gasteiger partial charge is 0.123 e. The van der Waals surface area contributed by atoms with Crippen LogP contribution in [0.2, 0.25) is 0 Å². The molecule has 118 valence electrons. The van der Waals surface area contributed by atoms with E-state index in [2.05, 4.69) is 41.8 Å². The summed E-state index contributed by atoms with van der Waals surface area (Å²) in [4.78, 5) is 0. The topological polar surface area (TPSA) is 25.2 Å². The highest BCUT2D eigenvalue weighted by molar-refractivity contribution is 5.29. The number of aliphatic hydroxyl groups is 1. The highest BCUT2D eigenvalue weighted by Gasteiger charge is 2.09. The highest BCUT2D eigenvalue weighted by atomic mass is 19.1. The van der Waals surface area contributed by atoms with E-state index in [1.807, 2.05) is 6.07 Å². The van der Waals surface area contributed by atoms with E-state index in [4.69, 9.17) is 0 Å². The van der Waals surface area contributed by atoms with E-state index in [0.29, 0.717) is 6.54 Å². The molecule has 1 N–H and O–H groups in total. The van der Waals surface area contributed by atoms with Gasteiger partial charge in [-0.1, -0.05) is 42.0 Å². The number of rotatable bonds is 5. The second-order valence-electron chi connectivity index (χ2n) is 5.85. The quantitative estimate of drug-likeness (QED) is 0.755. The zero-order valence-corrected chi connectivity index (χ0v) is 13.2. The molecule has 3 rings (SSSR count). The van der Waals surface area contributed by atoms with Gasteiger partial charge in [0.05, 0.1) is 6.61 Å². The summed E-state index contributed by atoms with van der Waals surface area (Å²) in [7, 11) is 0. The minimum absolute atomic E-state index is 0.00487. The SMILES string of the molecule is Cc1ccc(Cc2ccc(CO)n2Cc2ccc(F)cc2)cc1. The monoisotopic (exact) mass is 309 g/mol. The molecule has 0 amide bonds. The molecule has 2 nitrogen and oxygen atoms in total. The maximum Gasteiger partial charge on any atom is 0.123 e. The molecule has 0 aliphatic carbocycles. The average molecular weight is 309 g/mol. The molecule has 3 aromatic rings. The molecule has 0 unspecified atom stereocenters. The molecular formula is C20H20FNO. The molecule has 1 aromatic heterocycles. The van der Waals surface area contributed by atoms with Crippen LogP contribution in [0.5, 0.6) is 0 Å². The van der Waals surface area contributed by atoms with Crippen LogP contribution in [-0.4, -0.2) is 9.67 Å². The van der Waals surface area contributed by atoms with Gasteiger partial charge in [-0.05, 0) is 42.3 Å². The summed E-state index contributed by atoms with van der Waals surface area (Å²) in [5.41, 5.74) is 5.51. The van der Waals surface area contributed by atoms with Gasteiger partial charge < -0.3 is 9.67 Å². The van der Waals surface area contributed by atoms with Crippen LogP contribution in [0.15, 0.2) is 60.7 Å². The maximum atomic E-state index is 13.1. The second-order valence-corrected chi connectivity index (χ2v) is 5.85. The Bertz CT molecular complexity index is 772. The average Bonchev–Trinajstić information content (AvgIpc) is 2.93. The van der Waals surface area contributed by atoms with Crippen molar-refractivity contribution in [3.63, 3.8) is 0 Å². The number of nitrogens with zero attached hydrogens (tertiary/aromatic N) is 1. The summed E-state index contributed by atoms with van der Waals surface area (Å²) in [5, 5.41) is 9.58. The minimum atomic E-state index is -0.233. The Balaban J connectivity index is 1.87. The lowest BCUT2D eigenvalue weighted by Crippen LogP contribution is -2.09. The van der Waals surface area contributed by atoms with Crippen LogP contribution in [0.3, 0.4) is 0 Å². The van der Waals surface area contributed by atoms with Gasteiger partial charge in [-0.2, -0.15) is 0 Å². The number of hydrogen-bond donors (Lipinski definition) is 1. The Kier molecular flexibility index (Phi) is 4.58. The zero-order valence-electron chi connectivity index (χ0n) is 13.2. The first-order valence-electron chi connectivity index (χ1n) is 7.74. The summed E-state index contributed by atoms with van der Waals surface area (Å²) in [6.45, 7) is 2.70. The molecule has 0 atom stereocenters. The molecule has 1 heterocycles. The van der Waals surface area contributed by atoms with Gasteiger partial charge in [0, 0.05) is 24.4 Å². The highest BCUT2D eigenvalue weighted by Crippen LogP contribution is 2.17. The van der Waals surface area contributed by atoms with Crippen LogP contribution in [0.25, 0.3) is 0 Å². The number of benzene rings is 2. The number of halogens is 1. The molecular weight excluding hydrogens is 289 g/mol. The largest absolute Gasteiger partial charge is 0.390 e. The first-order valence-corrected chi connectivity index (χ1v) is 7.74. The maximum absolute atomic E-state index is 13.1. The van der Waals surface area contributed by atoms with Crippen molar-refractivity contribution in [1.29, 1.82) is 0 Å². The third-order valence-corrected chi connectivity index (χ3v) is 4.08. The molecule has 0 spiro atoms. The van der Waals surface area contributed by atoms with Crippen LogP contribution >= 0.6 is 0 Å². The molecule has 0 aliphatic rings. The summed E-state index contributed by atoms with van der Waals surface area (Å²) in [5.74, 6) is -0.233. The molecule has 2 aromatic carbocycles. The fraction of sp³-hybridized carbons (Fsp3) is 0.200. The standard InChI is InChI=1S/C20H20FNO/c1-15-2-4-16(5-3-15)12-19-10-11-20(14-23)22(19)13-17-6-8-18(21)9-7-17/h2-11,23H,12-14H2,1H3. The van der Waals surface area contributed by atoms with Gasteiger partial charge in [0.15, 0.2) is 0 Å². The van der Waals surface area contributed by atoms with E-state index < -0.39 is 0 Å². The van der Waals surface area contributed by atoms with Crippen LogP contribution in [0.4, 0.5) is 4.39 Å². The van der Waals surface area contributed by atoms with E-state index in [9.17, 15) is 9.50 Å². The summed E-state index contributed by atoms with van der Waals surface area (Å²) >= 11 is 0. The van der Waals surface area contributed by atoms with Crippen molar-refractivity contribution in [2.45, 2.75) is 26.5 Å². The van der Waals surface area contributed by atoms with Crippen molar-refractivity contribution in [3.05, 3.63) is 94.6 Å². The van der Waals surface area contributed by atoms with Gasteiger partial charge >= 0.3 is 0 Å². The molecule has 0 aliphatic heterocycles. The third-order valence-electron chi connectivity index (χ3n) is 4.08. The number of hydrogen-bond acceptors (Lipinski definition) is 1. The van der Waals surface area contributed by atoms with Crippen molar-refractivity contribution in [3.8, 4) is 0 Å². The zero-order chi connectivity index (χ0) is 16.2. The lowest BCUT2D eigenvalue weighted by molar-refractivity contribution is 0.271. The summed E-state index contributed by atoms with van der Waals surface area (Å²) in [6.07, 6.45) is 0.807. The number of aryl methyl sites for hydroxylation is 1. The second kappa shape index (κ2) is 6.80. The van der Waals surface area contributed by atoms with Crippen LogP contribution in [0, 0.1) is 12.7 Å². The molecule has 0 saturated heterocycles. The van der Waals surface area contributed by atoms with Gasteiger partial charge in [0.2, 0.25) is 0 Å². The lowest BCUT2D eigenvalue weighted by atomic mass is 10.1. The van der Waals surface area contributed by atoms with Crippen LogP contribution in [-0.2, 0) is 19.6 Å². The van der Waals surface area contributed by atoms with E-state index in [1.165, 1.54) is 23.3 Å². The molecule has 3 heteroatoms. The Morgan fingerprint density at radius 3 is 2.09 bits per heavy atom. The van der Waals surface area contributed by atoms with E-state index in [-0.39, 0.29) is 12.4 Å². The minimum Gasteiger partial charge on any atom is -0.390 e. The predicted octanol–water partition coefficient (Wildman–Crippen LogP) is 4.07. The molecule has 0 saturated carbocycles. The number of aliphatic hydroxyl groups excluding tert-OH is 1. The van der Waals surface area contributed by atoms with Gasteiger partial charge in [-0.3, -0.25) is 0 Å².